The van der Waals surface area contributed by atoms with E-state index in [2.05, 4.69) is 27.4 Å². The first kappa shape index (κ1) is 18.9. The Morgan fingerprint density at radius 2 is 2.15 bits per heavy atom. The van der Waals surface area contributed by atoms with Crippen LogP contribution in [0.2, 0.25) is 0 Å². The van der Waals surface area contributed by atoms with Crippen molar-refractivity contribution >= 4 is 6.03 Å². The molecule has 2 aromatic rings. The van der Waals surface area contributed by atoms with Gasteiger partial charge in [-0.25, -0.2) is 9.78 Å². The normalized spacial score (nSPS) is 16.6. The Morgan fingerprint density at radius 3 is 2.96 bits per heavy atom. The van der Waals surface area contributed by atoms with Gasteiger partial charge < -0.3 is 19.7 Å². The third-order valence-corrected chi connectivity index (χ3v) is 4.50. The van der Waals surface area contributed by atoms with E-state index in [0.29, 0.717) is 19.0 Å². The summed E-state index contributed by atoms with van der Waals surface area (Å²) in [6.45, 7) is 1.97. The molecule has 1 atom stereocenters. The number of ether oxygens (including phenoxy) is 2. The maximum atomic E-state index is 12.4. The van der Waals surface area contributed by atoms with Gasteiger partial charge in [-0.1, -0.05) is 30.3 Å². The predicted molar refractivity (Wildman–Crippen MR) is 102 cm³/mol. The number of rotatable bonds is 7. The summed E-state index contributed by atoms with van der Waals surface area (Å²) in [5, 5.41) is 3.01. The number of amides is 2. The van der Waals surface area contributed by atoms with Crippen LogP contribution in [0.25, 0.3) is 0 Å². The molecule has 1 aliphatic heterocycles. The van der Waals surface area contributed by atoms with E-state index in [9.17, 15) is 4.79 Å². The van der Waals surface area contributed by atoms with Crippen LogP contribution in [0.5, 0.6) is 11.9 Å². The Bertz CT molecular complexity index is 726. The van der Waals surface area contributed by atoms with Gasteiger partial charge in [0.1, 0.15) is 6.10 Å². The number of aromatic nitrogens is 2. The minimum absolute atomic E-state index is 0.0309. The molecule has 0 radical (unpaired) electrons. The van der Waals surface area contributed by atoms with Crippen LogP contribution in [0.4, 0.5) is 4.79 Å². The van der Waals surface area contributed by atoms with Crippen LogP contribution in [0.3, 0.4) is 0 Å². The number of likely N-dealkylation sites (tertiary alicyclic amines) is 1. The highest BCUT2D eigenvalue weighted by molar-refractivity contribution is 5.74. The molecular weight excluding hydrogens is 344 g/mol. The summed E-state index contributed by atoms with van der Waals surface area (Å²) in [6, 6.07) is 12.2. The quantitative estimate of drug-likeness (QED) is 0.759. The molecule has 1 aliphatic rings. The first-order chi connectivity index (χ1) is 13.2. The Balaban J connectivity index is 1.42. The first-order valence-corrected chi connectivity index (χ1v) is 9.35. The molecule has 0 bridgehead atoms. The first-order valence-electron chi connectivity index (χ1n) is 9.35. The van der Waals surface area contributed by atoms with Gasteiger partial charge in [0.25, 0.3) is 0 Å². The van der Waals surface area contributed by atoms with Crippen LogP contribution >= 0.6 is 0 Å². The lowest BCUT2D eigenvalue weighted by Crippen LogP contribution is -2.48. The fourth-order valence-corrected chi connectivity index (χ4v) is 3.12. The van der Waals surface area contributed by atoms with Gasteiger partial charge >= 0.3 is 12.0 Å². The van der Waals surface area contributed by atoms with Crippen LogP contribution in [0, 0.1) is 0 Å². The molecule has 1 aromatic carbocycles. The van der Waals surface area contributed by atoms with Crippen LogP contribution in [0.15, 0.2) is 42.6 Å². The Morgan fingerprint density at radius 1 is 1.30 bits per heavy atom. The lowest BCUT2D eigenvalue weighted by Gasteiger charge is -2.32. The van der Waals surface area contributed by atoms with Crippen molar-refractivity contribution in [3.8, 4) is 11.9 Å². The number of methoxy groups -OCH3 is 1. The predicted octanol–water partition coefficient (Wildman–Crippen LogP) is 2.67. The van der Waals surface area contributed by atoms with Crippen LogP contribution in [0.1, 0.15) is 24.8 Å². The Hall–Kier alpha value is -2.83. The number of benzene rings is 1. The number of carbonyl (C=O) groups excluding carboxylic acids is 1. The largest absolute Gasteiger partial charge is 0.472 e. The summed E-state index contributed by atoms with van der Waals surface area (Å²) < 4.78 is 10.9. The average Bonchev–Trinajstić information content (AvgIpc) is 2.72. The van der Waals surface area contributed by atoms with Crippen molar-refractivity contribution in [3.63, 3.8) is 0 Å². The van der Waals surface area contributed by atoms with Gasteiger partial charge in [-0.15, -0.1) is 0 Å². The molecule has 7 heteroatoms. The molecule has 2 heterocycles. The minimum atomic E-state index is -0.0755. The number of carbonyl (C=O) groups is 1. The number of urea groups is 1. The van der Waals surface area contributed by atoms with Crippen LogP contribution in [-0.4, -0.2) is 53.7 Å². The highest BCUT2D eigenvalue weighted by Crippen LogP contribution is 2.18. The highest BCUT2D eigenvalue weighted by Gasteiger charge is 2.25. The molecule has 0 saturated carbocycles. The Labute approximate surface area is 159 Å². The summed E-state index contributed by atoms with van der Waals surface area (Å²) in [4.78, 5) is 22.4. The van der Waals surface area contributed by atoms with Crippen molar-refractivity contribution in [1.82, 2.24) is 20.2 Å². The van der Waals surface area contributed by atoms with Gasteiger partial charge in [-0.3, -0.25) is 0 Å². The number of nitrogens with zero attached hydrogens (tertiary/aromatic N) is 3. The van der Waals surface area contributed by atoms with Crippen molar-refractivity contribution in [2.24, 2.45) is 0 Å². The smallest absolute Gasteiger partial charge is 0.319 e. The second kappa shape index (κ2) is 9.75. The van der Waals surface area contributed by atoms with E-state index in [4.69, 9.17) is 9.47 Å². The lowest BCUT2D eigenvalue weighted by molar-refractivity contribution is 0.0970. The standard InChI is InChI=1S/C20H26N4O3/c1-26-19-21-13-11-18(23-19)27-17-10-6-14-24(15-17)20(25)22-12-5-9-16-7-3-2-4-8-16/h2-4,7-8,11,13,17H,5-6,9-10,12,14-15H2,1H3,(H,22,25). The monoisotopic (exact) mass is 370 g/mol. The molecule has 0 aliphatic carbocycles. The summed E-state index contributed by atoms with van der Waals surface area (Å²) in [5.74, 6) is 0.469. The molecule has 1 aromatic heterocycles. The molecule has 2 amide bonds. The number of nitrogens with one attached hydrogen (secondary N) is 1. The zero-order valence-corrected chi connectivity index (χ0v) is 15.6. The zero-order chi connectivity index (χ0) is 18.9. The molecule has 1 unspecified atom stereocenters. The maximum Gasteiger partial charge on any atom is 0.319 e. The molecule has 7 nitrogen and oxygen atoms in total. The molecular formula is C20H26N4O3. The van der Waals surface area contributed by atoms with Gasteiger partial charge in [0.05, 0.1) is 13.7 Å². The molecule has 0 spiro atoms. The number of piperidine rings is 1. The van der Waals surface area contributed by atoms with Crippen molar-refractivity contribution in [1.29, 1.82) is 0 Å². The topological polar surface area (TPSA) is 76.6 Å². The molecule has 3 rings (SSSR count). The van der Waals surface area contributed by atoms with Crippen molar-refractivity contribution < 1.29 is 14.3 Å². The Kier molecular flexibility index (Phi) is 6.84. The van der Waals surface area contributed by atoms with E-state index >= 15 is 0 Å². The second-order valence-electron chi connectivity index (χ2n) is 6.53. The highest BCUT2D eigenvalue weighted by atomic mass is 16.5. The summed E-state index contributed by atoms with van der Waals surface area (Å²) >= 11 is 0. The number of aryl methyl sites for hydroxylation is 1. The molecule has 1 N–H and O–H groups in total. The van der Waals surface area contributed by atoms with E-state index in [1.54, 1.807) is 12.3 Å². The van der Waals surface area contributed by atoms with Gasteiger partial charge in [-0.2, -0.15) is 4.98 Å². The van der Waals surface area contributed by atoms with Crippen molar-refractivity contribution in [2.45, 2.75) is 31.8 Å². The minimum Gasteiger partial charge on any atom is -0.472 e. The van der Waals surface area contributed by atoms with Gasteiger partial charge in [0, 0.05) is 25.4 Å². The maximum absolute atomic E-state index is 12.4. The van der Waals surface area contributed by atoms with E-state index in [1.807, 2.05) is 23.1 Å². The van der Waals surface area contributed by atoms with Crippen LogP contribution in [-0.2, 0) is 6.42 Å². The molecule has 144 valence electrons. The van der Waals surface area contributed by atoms with Crippen LogP contribution < -0.4 is 14.8 Å². The number of hydrogen-bond donors (Lipinski definition) is 1. The third kappa shape index (κ3) is 5.84. The summed E-state index contributed by atoms with van der Waals surface area (Å²) in [5.41, 5.74) is 1.29. The van der Waals surface area contributed by atoms with Gasteiger partial charge in [0.15, 0.2) is 0 Å². The van der Waals surface area contributed by atoms with E-state index < -0.39 is 0 Å². The number of hydrogen-bond acceptors (Lipinski definition) is 5. The van der Waals surface area contributed by atoms with Crippen molar-refractivity contribution in [3.05, 3.63) is 48.2 Å². The zero-order valence-electron chi connectivity index (χ0n) is 15.6. The second-order valence-corrected chi connectivity index (χ2v) is 6.53. The van der Waals surface area contributed by atoms with E-state index in [0.717, 1.165) is 32.2 Å². The lowest BCUT2D eigenvalue weighted by atomic mass is 10.1. The summed E-state index contributed by atoms with van der Waals surface area (Å²) in [7, 11) is 1.52. The third-order valence-electron chi connectivity index (χ3n) is 4.50. The SMILES string of the molecule is COc1nccc(OC2CCCN(C(=O)NCCCc3ccccc3)C2)n1. The average molecular weight is 370 g/mol. The van der Waals surface area contributed by atoms with E-state index in [1.165, 1.54) is 12.7 Å². The fourth-order valence-electron chi connectivity index (χ4n) is 3.12. The van der Waals surface area contributed by atoms with E-state index in [-0.39, 0.29) is 18.1 Å². The molecule has 27 heavy (non-hydrogen) atoms. The van der Waals surface area contributed by atoms with Crippen molar-refractivity contribution in [2.75, 3.05) is 26.7 Å². The molecule has 1 fully saturated rings. The molecule has 1 saturated heterocycles. The summed E-state index contributed by atoms with van der Waals surface area (Å²) in [6.07, 6.45) is 5.20. The fraction of sp³-hybridized carbons (Fsp3) is 0.450. The van der Waals surface area contributed by atoms with Gasteiger partial charge in [-0.05, 0) is 31.2 Å². The van der Waals surface area contributed by atoms with Gasteiger partial charge in [0.2, 0.25) is 5.88 Å².